The molecular formula is C5H6CrI2NO2. The molecule has 2 amide bonds. The summed E-state index contributed by atoms with van der Waals surface area (Å²) in [5.41, 5.74) is 0. The molecule has 1 heterocycles. The maximum absolute atomic E-state index is 10.4. The zero-order valence-corrected chi connectivity index (χ0v) is 11.1. The Kier molecular flexibility index (Phi) is 7.31. The van der Waals surface area contributed by atoms with Crippen molar-refractivity contribution in [3.8, 4) is 0 Å². The van der Waals surface area contributed by atoms with Crippen molar-refractivity contribution in [2.24, 2.45) is 0 Å². The fourth-order valence-corrected chi connectivity index (χ4v) is 0.623. The van der Waals surface area contributed by atoms with Crippen LogP contribution < -0.4 is 0 Å². The van der Waals surface area contributed by atoms with Crippen molar-refractivity contribution in [2.45, 2.75) is 12.8 Å². The number of hydrogen-bond donors (Lipinski definition) is 0. The molecule has 0 aliphatic carbocycles. The average molecular weight is 418 g/mol. The molecule has 0 bridgehead atoms. The Morgan fingerprint density at radius 1 is 1.27 bits per heavy atom. The summed E-state index contributed by atoms with van der Waals surface area (Å²) in [6.45, 7) is 0. The van der Waals surface area contributed by atoms with E-state index in [1.165, 1.54) is 0 Å². The Labute approximate surface area is 94.3 Å². The summed E-state index contributed by atoms with van der Waals surface area (Å²) in [5.74, 6) is -0.343. The number of amides is 2. The van der Waals surface area contributed by atoms with Crippen molar-refractivity contribution in [3.63, 3.8) is 0 Å². The van der Waals surface area contributed by atoms with E-state index in [1.54, 1.807) is 0 Å². The molecule has 63 valence electrons. The van der Waals surface area contributed by atoms with E-state index in [0.29, 0.717) is 12.8 Å². The molecule has 1 saturated heterocycles. The van der Waals surface area contributed by atoms with Crippen molar-refractivity contribution >= 4 is 52.4 Å². The summed E-state index contributed by atoms with van der Waals surface area (Å²) >= 11 is 4.68. The summed E-state index contributed by atoms with van der Waals surface area (Å²) in [7, 11) is 4.05. The van der Waals surface area contributed by atoms with Gasteiger partial charge in [-0.15, -0.1) is 0 Å². The molecule has 0 radical (unpaired) electrons. The summed E-state index contributed by atoms with van der Waals surface area (Å²) in [5, 5.41) is 0. The van der Waals surface area contributed by atoms with E-state index in [2.05, 4.69) is 47.6 Å². The fourth-order valence-electron chi connectivity index (χ4n) is 0.623. The van der Waals surface area contributed by atoms with E-state index >= 15 is 0 Å². The minimum atomic E-state index is -0.171. The molecule has 0 saturated carbocycles. The fraction of sp³-hybridized carbons (Fsp3) is 0.400. The van der Waals surface area contributed by atoms with Gasteiger partial charge in [0.15, 0.2) is 11.8 Å². The third-order valence-corrected chi connectivity index (χ3v) is 1.15. The third-order valence-electron chi connectivity index (χ3n) is 1.15. The number of hydrogen-bond acceptors (Lipinski definition) is 2. The van der Waals surface area contributed by atoms with Crippen molar-refractivity contribution in [3.05, 3.63) is 7.05 Å². The first-order valence-electron chi connectivity index (χ1n) is 2.69. The second-order valence-corrected chi connectivity index (χ2v) is 12.5. The van der Waals surface area contributed by atoms with Gasteiger partial charge in [0.1, 0.15) is 0 Å². The molecule has 0 N–H and O–H groups in total. The van der Waals surface area contributed by atoms with Gasteiger partial charge in [-0.1, -0.05) is 0 Å². The number of imide groups is 1. The van der Waals surface area contributed by atoms with E-state index in [0.717, 1.165) is 13.6 Å². The van der Waals surface area contributed by atoms with Crippen LogP contribution in [0.4, 0.5) is 0 Å². The van der Waals surface area contributed by atoms with E-state index < -0.39 is 0 Å². The molecule has 0 spiro atoms. The Hall–Kier alpha value is 1.13. The van der Waals surface area contributed by atoms with Gasteiger partial charge >= 0.3 is 49.2 Å². The predicted octanol–water partition coefficient (Wildman–Crippen LogP) is 1.70. The van der Waals surface area contributed by atoms with Crippen LogP contribution in [0, 0.1) is 7.05 Å². The Morgan fingerprint density at radius 2 is 1.55 bits per heavy atom. The average Bonchev–Trinajstić information content (AvgIpc) is 2.22. The molecule has 1 aliphatic rings. The van der Waals surface area contributed by atoms with Crippen molar-refractivity contribution in [1.29, 1.82) is 0 Å². The molecular weight excluding hydrogens is 412 g/mol. The van der Waals surface area contributed by atoms with Gasteiger partial charge in [0.05, 0.1) is 0 Å². The number of nitrogens with zero attached hydrogens (tertiary/aromatic N) is 1. The van der Waals surface area contributed by atoms with Crippen LogP contribution in [0.1, 0.15) is 12.8 Å². The molecule has 0 unspecified atom stereocenters. The molecule has 0 aromatic heterocycles. The monoisotopic (exact) mass is 418 g/mol. The molecule has 11 heavy (non-hydrogen) atoms. The van der Waals surface area contributed by atoms with Crippen LogP contribution in [0.25, 0.3) is 0 Å². The van der Waals surface area contributed by atoms with Gasteiger partial charge in [-0.05, 0) is 0 Å². The van der Waals surface area contributed by atoms with Crippen molar-refractivity contribution < 1.29 is 18.2 Å². The number of carbonyl (C=O) groups is 2. The van der Waals surface area contributed by atoms with Crippen LogP contribution in [0.3, 0.4) is 0 Å². The maximum atomic E-state index is 10.4. The van der Waals surface area contributed by atoms with Gasteiger partial charge in [0.2, 0.25) is 0 Å². The molecule has 1 rings (SSSR count). The minimum absolute atomic E-state index is 0.171. The van der Waals surface area contributed by atoms with E-state index in [-0.39, 0.29) is 11.8 Å². The molecule has 1 aliphatic heterocycles. The molecule has 0 atom stereocenters. The van der Waals surface area contributed by atoms with E-state index in [9.17, 15) is 9.59 Å². The first-order chi connectivity index (χ1) is 5.13. The van der Waals surface area contributed by atoms with Crippen LogP contribution in [0.15, 0.2) is 0 Å². The summed E-state index contributed by atoms with van der Waals surface area (Å²) in [4.78, 5) is 21.8. The molecule has 3 nitrogen and oxygen atoms in total. The number of halogens is 2. The SMILES string of the molecule is [CH2-]N1C(=O)CCC1=O.[I][Cr+][I]. The topological polar surface area (TPSA) is 37.4 Å². The number of rotatable bonds is 0. The van der Waals surface area contributed by atoms with Crippen molar-refractivity contribution in [1.82, 2.24) is 4.90 Å². The van der Waals surface area contributed by atoms with Gasteiger partial charge < -0.3 is 4.90 Å². The third kappa shape index (κ3) is 4.65. The number of likely N-dealkylation sites (tertiary alicyclic amines) is 1. The van der Waals surface area contributed by atoms with Gasteiger partial charge in [0.25, 0.3) is 0 Å². The second-order valence-electron chi connectivity index (χ2n) is 1.77. The van der Waals surface area contributed by atoms with Crippen LogP contribution in [-0.2, 0) is 18.2 Å². The normalized spacial score (nSPS) is 16.1. The predicted molar refractivity (Wildman–Crippen MR) is 54.5 cm³/mol. The first kappa shape index (κ1) is 12.1. The molecule has 6 heteroatoms. The Bertz CT molecular complexity index is 149. The standard InChI is InChI=1S/C5H6NO2.Cr.2HI/c1-6-4(7)2-3-5(6)8;;;/h1-3H2;;2*1H/q-1;+3;;/p-2. The zero-order valence-electron chi connectivity index (χ0n) is 5.55. The van der Waals surface area contributed by atoms with Gasteiger partial charge in [-0.2, -0.15) is 0 Å². The van der Waals surface area contributed by atoms with Gasteiger partial charge in [-0.25, -0.2) is 7.05 Å². The molecule has 1 fully saturated rings. The Morgan fingerprint density at radius 3 is 1.64 bits per heavy atom. The van der Waals surface area contributed by atoms with Crippen LogP contribution >= 0.6 is 40.5 Å². The van der Waals surface area contributed by atoms with Gasteiger partial charge in [-0.3, -0.25) is 9.59 Å². The molecule has 0 aromatic carbocycles. The summed E-state index contributed by atoms with van der Waals surface area (Å²) in [6.07, 6.45) is 0.671. The molecule has 0 aromatic rings. The first-order valence-corrected chi connectivity index (χ1v) is 10.9. The summed E-state index contributed by atoms with van der Waals surface area (Å²) < 4.78 is 0. The quantitative estimate of drug-likeness (QED) is 0.342. The van der Waals surface area contributed by atoms with Gasteiger partial charge in [0, 0.05) is 12.8 Å². The van der Waals surface area contributed by atoms with Crippen molar-refractivity contribution in [2.75, 3.05) is 0 Å². The number of carbonyl (C=O) groups excluding carboxylic acids is 2. The van der Waals surface area contributed by atoms with E-state index in [1.807, 2.05) is 0 Å². The van der Waals surface area contributed by atoms with Crippen LogP contribution in [0.5, 0.6) is 0 Å². The zero-order chi connectivity index (χ0) is 8.85. The van der Waals surface area contributed by atoms with E-state index in [4.69, 9.17) is 0 Å². The Balaban J connectivity index is 0.000000292. The van der Waals surface area contributed by atoms with Crippen LogP contribution in [0.2, 0.25) is 0 Å². The summed E-state index contributed by atoms with van der Waals surface area (Å²) in [6, 6.07) is 0. The second kappa shape index (κ2) is 6.63. The van der Waals surface area contributed by atoms with Crippen LogP contribution in [-0.4, -0.2) is 16.7 Å².